The first-order valence-electron chi connectivity index (χ1n) is 9.95. The number of rotatable bonds is 5. The fraction of sp³-hybridized carbons (Fsp3) is 0.391. The third kappa shape index (κ3) is 3.94. The van der Waals surface area contributed by atoms with E-state index in [0.717, 1.165) is 56.1 Å². The number of aryl methyl sites for hydroxylation is 1. The zero-order valence-corrected chi connectivity index (χ0v) is 16.6. The Balaban J connectivity index is 1.41. The van der Waals surface area contributed by atoms with E-state index in [1.54, 1.807) is 7.11 Å². The molecular formula is C23H27N3O2. The highest BCUT2D eigenvalue weighted by Crippen LogP contribution is 2.22. The standard InChI is InChI=1S/C23H27N3O2/c1-17-24-22-9-4-3-8-21(22)23(27)26(17)16-18-10-12-25(13-11-18)15-19-6-5-7-20(14-19)28-2/h3-9,14,18H,10-13,15-16H2,1-2H3. The van der Waals surface area contributed by atoms with Crippen molar-refractivity contribution >= 4 is 10.9 Å². The number of hydrogen-bond donors (Lipinski definition) is 0. The van der Waals surface area contributed by atoms with Gasteiger partial charge < -0.3 is 4.74 Å². The lowest BCUT2D eigenvalue weighted by atomic mass is 9.96. The Morgan fingerprint density at radius 3 is 2.68 bits per heavy atom. The molecule has 0 unspecified atom stereocenters. The van der Waals surface area contributed by atoms with Gasteiger partial charge in [-0.2, -0.15) is 0 Å². The number of nitrogens with zero attached hydrogens (tertiary/aromatic N) is 3. The first-order valence-corrected chi connectivity index (χ1v) is 9.95. The molecule has 0 radical (unpaired) electrons. The lowest BCUT2D eigenvalue weighted by Crippen LogP contribution is -2.36. The molecule has 1 saturated heterocycles. The minimum absolute atomic E-state index is 0.0851. The lowest BCUT2D eigenvalue weighted by Gasteiger charge is -2.32. The highest BCUT2D eigenvalue weighted by atomic mass is 16.5. The number of aromatic nitrogens is 2. The predicted molar refractivity (Wildman–Crippen MR) is 112 cm³/mol. The molecule has 0 spiro atoms. The van der Waals surface area contributed by atoms with Crippen molar-refractivity contribution in [3.63, 3.8) is 0 Å². The summed E-state index contributed by atoms with van der Waals surface area (Å²) >= 11 is 0. The topological polar surface area (TPSA) is 47.4 Å². The van der Waals surface area contributed by atoms with Gasteiger partial charge in [-0.1, -0.05) is 24.3 Å². The number of piperidine rings is 1. The summed E-state index contributed by atoms with van der Waals surface area (Å²) in [7, 11) is 1.70. The first kappa shape index (κ1) is 18.7. The van der Waals surface area contributed by atoms with Gasteiger partial charge in [0.2, 0.25) is 0 Å². The summed E-state index contributed by atoms with van der Waals surface area (Å²) in [4.78, 5) is 20.0. The van der Waals surface area contributed by atoms with Crippen molar-refractivity contribution < 1.29 is 4.74 Å². The van der Waals surface area contributed by atoms with E-state index in [-0.39, 0.29) is 5.56 Å². The minimum atomic E-state index is 0.0851. The van der Waals surface area contributed by atoms with Gasteiger partial charge in [0.1, 0.15) is 11.6 Å². The van der Waals surface area contributed by atoms with Crippen molar-refractivity contribution in [1.82, 2.24) is 14.5 Å². The average molecular weight is 377 g/mol. The fourth-order valence-corrected chi connectivity index (χ4v) is 4.11. The first-order chi connectivity index (χ1) is 13.6. The lowest BCUT2D eigenvalue weighted by molar-refractivity contribution is 0.166. The SMILES string of the molecule is COc1cccc(CN2CCC(Cn3c(C)nc4ccccc4c3=O)CC2)c1. The Morgan fingerprint density at radius 2 is 1.89 bits per heavy atom. The zero-order valence-electron chi connectivity index (χ0n) is 16.6. The van der Waals surface area contributed by atoms with Crippen LogP contribution in [0.25, 0.3) is 10.9 Å². The Kier molecular flexibility index (Phi) is 5.44. The Morgan fingerprint density at radius 1 is 1.11 bits per heavy atom. The molecule has 5 heteroatoms. The third-order valence-corrected chi connectivity index (χ3v) is 5.74. The number of methoxy groups -OCH3 is 1. The van der Waals surface area contributed by atoms with Gasteiger partial charge in [-0.3, -0.25) is 14.3 Å². The van der Waals surface area contributed by atoms with Gasteiger partial charge in [0.05, 0.1) is 18.0 Å². The van der Waals surface area contributed by atoms with E-state index in [1.807, 2.05) is 47.9 Å². The summed E-state index contributed by atoms with van der Waals surface area (Å²) in [5.74, 6) is 2.23. The largest absolute Gasteiger partial charge is 0.497 e. The van der Waals surface area contributed by atoms with Crippen molar-refractivity contribution in [2.24, 2.45) is 5.92 Å². The highest BCUT2D eigenvalue weighted by molar-refractivity contribution is 5.77. The van der Waals surface area contributed by atoms with Gasteiger partial charge in [0.15, 0.2) is 0 Å². The van der Waals surface area contributed by atoms with Crippen LogP contribution in [0.5, 0.6) is 5.75 Å². The van der Waals surface area contributed by atoms with Gasteiger partial charge in [0.25, 0.3) is 5.56 Å². The van der Waals surface area contributed by atoms with E-state index in [4.69, 9.17) is 4.74 Å². The molecule has 2 aromatic carbocycles. The van der Waals surface area contributed by atoms with Crippen LogP contribution >= 0.6 is 0 Å². The molecule has 0 atom stereocenters. The molecule has 28 heavy (non-hydrogen) atoms. The monoisotopic (exact) mass is 377 g/mol. The van der Waals surface area contributed by atoms with Crippen molar-refractivity contribution in [2.75, 3.05) is 20.2 Å². The summed E-state index contributed by atoms with van der Waals surface area (Å²) in [6.07, 6.45) is 2.20. The Labute approximate surface area is 165 Å². The fourth-order valence-electron chi connectivity index (χ4n) is 4.11. The number of fused-ring (bicyclic) bond motifs is 1. The van der Waals surface area contributed by atoms with E-state index >= 15 is 0 Å². The number of ether oxygens (including phenoxy) is 1. The Hall–Kier alpha value is -2.66. The molecule has 1 fully saturated rings. The van der Waals surface area contributed by atoms with E-state index in [2.05, 4.69) is 22.0 Å². The number of likely N-dealkylation sites (tertiary alicyclic amines) is 1. The third-order valence-electron chi connectivity index (χ3n) is 5.74. The van der Waals surface area contributed by atoms with Crippen LogP contribution in [0.3, 0.4) is 0 Å². The molecule has 2 heterocycles. The van der Waals surface area contributed by atoms with Gasteiger partial charge in [-0.05, 0) is 68.6 Å². The van der Waals surface area contributed by atoms with Gasteiger partial charge in [0, 0.05) is 13.1 Å². The van der Waals surface area contributed by atoms with Crippen LogP contribution in [0.2, 0.25) is 0 Å². The van der Waals surface area contributed by atoms with Crippen LogP contribution in [0.15, 0.2) is 53.3 Å². The van der Waals surface area contributed by atoms with Crippen molar-refractivity contribution in [3.8, 4) is 5.75 Å². The van der Waals surface area contributed by atoms with Gasteiger partial charge in [-0.15, -0.1) is 0 Å². The average Bonchev–Trinajstić information content (AvgIpc) is 2.72. The molecule has 1 aliphatic rings. The van der Waals surface area contributed by atoms with Crippen molar-refractivity contribution in [1.29, 1.82) is 0 Å². The highest BCUT2D eigenvalue weighted by Gasteiger charge is 2.21. The molecule has 4 rings (SSSR count). The van der Waals surface area contributed by atoms with Crippen LogP contribution in [-0.4, -0.2) is 34.7 Å². The van der Waals surface area contributed by atoms with Crippen LogP contribution in [0, 0.1) is 12.8 Å². The Bertz CT molecular complexity index is 1020. The van der Waals surface area contributed by atoms with Gasteiger partial charge in [-0.25, -0.2) is 4.98 Å². The summed E-state index contributed by atoms with van der Waals surface area (Å²) in [6.45, 7) is 5.75. The van der Waals surface area contributed by atoms with E-state index < -0.39 is 0 Å². The van der Waals surface area contributed by atoms with Crippen molar-refractivity contribution in [2.45, 2.75) is 32.9 Å². The summed E-state index contributed by atoms with van der Waals surface area (Å²) in [5.41, 5.74) is 2.15. The molecule has 1 aromatic heterocycles. The quantitative estimate of drug-likeness (QED) is 0.681. The molecule has 0 saturated carbocycles. The van der Waals surface area contributed by atoms with Crippen LogP contribution in [0.1, 0.15) is 24.2 Å². The van der Waals surface area contributed by atoms with Crippen LogP contribution in [0.4, 0.5) is 0 Å². The van der Waals surface area contributed by atoms with Crippen LogP contribution in [-0.2, 0) is 13.1 Å². The van der Waals surface area contributed by atoms with E-state index in [1.165, 1.54) is 5.56 Å². The number of hydrogen-bond acceptors (Lipinski definition) is 4. The maximum absolute atomic E-state index is 12.9. The summed E-state index contributed by atoms with van der Waals surface area (Å²) in [6, 6.07) is 15.9. The van der Waals surface area contributed by atoms with E-state index in [0.29, 0.717) is 11.3 Å². The molecular weight excluding hydrogens is 350 g/mol. The second-order valence-corrected chi connectivity index (χ2v) is 7.66. The second kappa shape index (κ2) is 8.15. The number of benzene rings is 2. The molecule has 0 amide bonds. The van der Waals surface area contributed by atoms with Crippen LogP contribution < -0.4 is 10.3 Å². The molecule has 0 aliphatic carbocycles. The smallest absolute Gasteiger partial charge is 0.261 e. The van der Waals surface area contributed by atoms with Gasteiger partial charge >= 0.3 is 0 Å². The molecule has 146 valence electrons. The van der Waals surface area contributed by atoms with Crippen molar-refractivity contribution in [3.05, 3.63) is 70.3 Å². The predicted octanol–water partition coefficient (Wildman–Crippen LogP) is 3.63. The zero-order chi connectivity index (χ0) is 19.5. The maximum atomic E-state index is 12.9. The maximum Gasteiger partial charge on any atom is 0.261 e. The summed E-state index contributed by atoms with van der Waals surface area (Å²) in [5, 5.41) is 0.712. The molecule has 0 bridgehead atoms. The molecule has 1 aliphatic heterocycles. The molecule has 3 aromatic rings. The van der Waals surface area contributed by atoms with E-state index in [9.17, 15) is 4.79 Å². The number of para-hydroxylation sites is 1. The minimum Gasteiger partial charge on any atom is -0.497 e. The molecule has 0 N–H and O–H groups in total. The second-order valence-electron chi connectivity index (χ2n) is 7.66. The molecule has 5 nitrogen and oxygen atoms in total. The summed E-state index contributed by atoms with van der Waals surface area (Å²) < 4.78 is 7.19. The normalized spacial score (nSPS) is 15.8.